The van der Waals surface area contributed by atoms with E-state index in [1.807, 2.05) is 0 Å². The average molecular weight is 716 g/mol. The van der Waals surface area contributed by atoms with Crippen LogP contribution in [0.5, 0.6) is 0 Å². The highest BCUT2D eigenvalue weighted by Gasteiger charge is 2.65. The van der Waals surface area contributed by atoms with Crippen molar-refractivity contribution in [3.05, 3.63) is 54.1 Å². The van der Waals surface area contributed by atoms with Crippen molar-refractivity contribution in [1.82, 2.24) is 20.5 Å². The summed E-state index contributed by atoms with van der Waals surface area (Å²) in [5.41, 5.74) is -2.04. The molecule has 2 aromatic rings. The highest BCUT2D eigenvalue weighted by molar-refractivity contribution is 8.45. The number of pyridine rings is 1. The van der Waals surface area contributed by atoms with E-state index in [4.69, 9.17) is 4.74 Å². The van der Waals surface area contributed by atoms with Crippen molar-refractivity contribution >= 4 is 39.7 Å². The molecule has 2 unspecified atom stereocenters. The number of piperazine rings is 1. The molecule has 1 aromatic heterocycles. The van der Waals surface area contributed by atoms with Crippen LogP contribution in [0.15, 0.2) is 47.6 Å². The van der Waals surface area contributed by atoms with E-state index in [-0.39, 0.29) is 30.5 Å². The molecule has 2 aliphatic rings. The first-order valence-electron chi connectivity index (χ1n) is 14.6. The van der Waals surface area contributed by atoms with Gasteiger partial charge < -0.3 is 15.4 Å². The lowest BCUT2D eigenvalue weighted by Gasteiger charge is -2.42. The predicted molar refractivity (Wildman–Crippen MR) is 157 cm³/mol. The van der Waals surface area contributed by atoms with Gasteiger partial charge >= 0.3 is 16.3 Å². The molecule has 266 valence electrons. The molecule has 2 atom stereocenters. The Labute approximate surface area is 269 Å². The Morgan fingerprint density at radius 3 is 2.21 bits per heavy atom. The van der Waals surface area contributed by atoms with Crippen LogP contribution in [0.2, 0.25) is 0 Å². The minimum atomic E-state index is -10.2. The van der Waals surface area contributed by atoms with Crippen LogP contribution >= 0.6 is 10.2 Å². The second-order valence-corrected chi connectivity index (χ2v) is 15.0. The first kappa shape index (κ1) is 36.7. The molecule has 1 aliphatic heterocycles. The summed E-state index contributed by atoms with van der Waals surface area (Å²) in [7, 11) is -10.2. The molecule has 1 aliphatic carbocycles. The van der Waals surface area contributed by atoms with Gasteiger partial charge in [-0.1, -0.05) is 19.4 Å². The van der Waals surface area contributed by atoms with Crippen molar-refractivity contribution < 1.29 is 56.5 Å². The van der Waals surface area contributed by atoms with Gasteiger partial charge in [-0.15, -0.1) is 0 Å². The molecule has 10 nitrogen and oxygen atoms in total. The zero-order valence-electron chi connectivity index (χ0n) is 25.8. The van der Waals surface area contributed by atoms with Crippen molar-refractivity contribution in [1.29, 1.82) is 0 Å². The molecule has 19 heteroatoms. The second kappa shape index (κ2) is 12.1. The Morgan fingerprint density at radius 2 is 1.67 bits per heavy atom. The molecule has 2 fully saturated rings. The van der Waals surface area contributed by atoms with Gasteiger partial charge in [0.05, 0.1) is 6.20 Å². The van der Waals surface area contributed by atoms with Gasteiger partial charge in [0.25, 0.3) is 5.91 Å². The fourth-order valence-electron chi connectivity index (χ4n) is 5.26. The lowest BCUT2D eigenvalue weighted by Crippen LogP contribution is -2.63. The fourth-order valence-corrected chi connectivity index (χ4v) is 5.91. The third kappa shape index (κ3) is 9.04. The second-order valence-electron chi connectivity index (χ2n) is 12.6. The molecule has 2 heterocycles. The maximum Gasteiger partial charge on any atom is 0.411 e. The van der Waals surface area contributed by atoms with Gasteiger partial charge in [-0.2, -0.15) is 0 Å². The van der Waals surface area contributed by atoms with Gasteiger partial charge in [0, 0.05) is 42.9 Å². The van der Waals surface area contributed by atoms with E-state index in [1.54, 1.807) is 0 Å². The number of hydrogen-bond donors (Lipinski definition) is 2. The Kier molecular flexibility index (Phi) is 9.22. The summed E-state index contributed by atoms with van der Waals surface area (Å²) in [6, 6.07) is -2.80. The SMILES string of the molecule is CC(C)(C)OC(=O)N1CC(=O)NCC1C(=O)N(c1ccc(S(F)(F)(F)(F)F)cc1)C(C(=O)NC1CCC(F)(F)CC1)c1cncc(F)c1. The van der Waals surface area contributed by atoms with Crippen LogP contribution in [0.4, 0.5) is 43.1 Å². The number of ether oxygens (including phenoxy) is 1. The minimum Gasteiger partial charge on any atom is -0.444 e. The molecule has 0 bridgehead atoms. The summed E-state index contributed by atoms with van der Waals surface area (Å²) < 4.78 is 116. The molecule has 1 saturated heterocycles. The van der Waals surface area contributed by atoms with Crippen LogP contribution in [-0.4, -0.2) is 70.4 Å². The normalized spacial score (nSPS) is 20.9. The summed E-state index contributed by atoms with van der Waals surface area (Å²) in [4.78, 5) is 56.5. The largest absolute Gasteiger partial charge is 0.444 e. The van der Waals surface area contributed by atoms with E-state index in [1.165, 1.54) is 20.8 Å². The maximum absolute atomic E-state index is 14.5. The first-order valence-corrected chi connectivity index (χ1v) is 16.5. The number of alkyl halides is 2. The molecule has 4 amide bonds. The van der Waals surface area contributed by atoms with Crippen LogP contribution in [0.3, 0.4) is 0 Å². The molecular weight excluding hydrogens is 682 g/mol. The molecule has 1 aromatic carbocycles. The third-order valence-corrected chi connectivity index (χ3v) is 8.67. The summed E-state index contributed by atoms with van der Waals surface area (Å²) >= 11 is 0. The van der Waals surface area contributed by atoms with Crippen LogP contribution in [0.1, 0.15) is 58.1 Å². The number of benzene rings is 1. The Bertz CT molecular complexity index is 1580. The smallest absolute Gasteiger partial charge is 0.411 e. The lowest BCUT2D eigenvalue weighted by atomic mass is 9.91. The zero-order valence-corrected chi connectivity index (χ0v) is 26.6. The maximum atomic E-state index is 14.5. The zero-order chi connectivity index (χ0) is 35.9. The van der Waals surface area contributed by atoms with Crippen molar-refractivity contribution in [3.8, 4) is 0 Å². The van der Waals surface area contributed by atoms with Gasteiger partial charge in [0.2, 0.25) is 17.7 Å². The Hall–Kier alpha value is -4.16. The molecule has 48 heavy (non-hydrogen) atoms. The summed E-state index contributed by atoms with van der Waals surface area (Å²) in [5.74, 6) is -7.04. The van der Waals surface area contributed by atoms with Crippen LogP contribution in [0.25, 0.3) is 0 Å². The topological polar surface area (TPSA) is 121 Å². The van der Waals surface area contributed by atoms with Crippen molar-refractivity contribution in [2.24, 2.45) is 0 Å². The Morgan fingerprint density at radius 1 is 1.06 bits per heavy atom. The van der Waals surface area contributed by atoms with Crippen LogP contribution in [-0.2, 0) is 19.1 Å². The van der Waals surface area contributed by atoms with Gasteiger partial charge in [-0.25, -0.2) is 18.0 Å². The van der Waals surface area contributed by atoms with Gasteiger partial charge in [-0.05, 0) is 63.9 Å². The number of nitrogens with one attached hydrogen (secondary N) is 2. The number of rotatable bonds is 7. The molecule has 0 radical (unpaired) electrons. The van der Waals surface area contributed by atoms with E-state index in [9.17, 15) is 51.8 Å². The molecule has 4 rings (SSSR count). The predicted octanol–water partition coefficient (Wildman–Crippen LogP) is 6.38. The van der Waals surface area contributed by atoms with E-state index in [0.717, 1.165) is 18.5 Å². The third-order valence-electron chi connectivity index (χ3n) is 7.51. The first-order chi connectivity index (χ1) is 21.8. The van der Waals surface area contributed by atoms with E-state index in [0.29, 0.717) is 21.9 Å². The number of hydrogen-bond acceptors (Lipinski definition) is 6. The van der Waals surface area contributed by atoms with Gasteiger partial charge in [0.15, 0.2) is 0 Å². The number of amides is 4. The molecule has 1 saturated carbocycles. The minimum absolute atomic E-state index is 0.00649. The van der Waals surface area contributed by atoms with E-state index in [2.05, 4.69) is 15.6 Å². The lowest BCUT2D eigenvalue weighted by molar-refractivity contribution is -0.133. The summed E-state index contributed by atoms with van der Waals surface area (Å²) in [5, 5.41) is 4.89. The van der Waals surface area contributed by atoms with Gasteiger partial charge in [0.1, 0.15) is 34.9 Å². The quantitative estimate of drug-likeness (QED) is 0.321. The highest BCUT2D eigenvalue weighted by Crippen LogP contribution is 3.02. The number of carbonyl (C=O) groups excluding carboxylic acids is 4. The number of halogens is 8. The van der Waals surface area contributed by atoms with Crippen LogP contribution in [0, 0.1) is 5.82 Å². The summed E-state index contributed by atoms with van der Waals surface area (Å²) in [6.07, 6.45) is -1.01. The summed E-state index contributed by atoms with van der Waals surface area (Å²) in [6.45, 7) is 3.19. The fraction of sp³-hybridized carbons (Fsp3) is 0.483. The molecular formula is C29H33F8N5O5S. The number of anilines is 1. The molecule has 0 spiro atoms. The number of carbonyl (C=O) groups is 4. The van der Waals surface area contributed by atoms with E-state index >= 15 is 0 Å². The monoisotopic (exact) mass is 715 g/mol. The number of nitrogens with zero attached hydrogens (tertiary/aromatic N) is 3. The Balaban J connectivity index is 1.86. The van der Waals surface area contributed by atoms with Crippen molar-refractivity contribution in [2.45, 2.75) is 81.0 Å². The van der Waals surface area contributed by atoms with E-state index < -0.39 is 106 Å². The molecule has 2 N–H and O–H groups in total. The standard InChI is InChI=1S/C29H33F8N5O5S/c1-28(2,3)47-27(46)41-16-23(43)39-15-22(41)26(45)42(20-4-6-21(7-5-20)48(33,34,35,36)37)24(17-12-18(30)14-38-13-17)25(44)40-19-8-10-29(31,32)11-9-19/h4-7,12-14,19,22,24H,8-11,15-16H2,1-3H3,(H,39,43)(H,40,44). The van der Waals surface area contributed by atoms with Crippen molar-refractivity contribution in [3.63, 3.8) is 0 Å². The highest BCUT2D eigenvalue weighted by atomic mass is 32.5. The number of aromatic nitrogens is 1. The average Bonchev–Trinajstić information content (AvgIpc) is 2.94. The van der Waals surface area contributed by atoms with Crippen molar-refractivity contribution in [2.75, 3.05) is 18.0 Å². The van der Waals surface area contributed by atoms with Crippen LogP contribution < -0.4 is 15.5 Å². The van der Waals surface area contributed by atoms with Gasteiger partial charge in [-0.3, -0.25) is 29.2 Å².